The van der Waals surface area contributed by atoms with Crippen LogP contribution in [-0.4, -0.2) is 25.2 Å². The Morgan fingerprint density at radius 3 is 2.79 bits per heavy atom. The molecule has 19 heavy (non-hydrogen) atoms. The summed E-state index contributed by atoms with van der Waals surface area (Å²) < 4.78 is 14.3. The summed E-state index contributed by atoms with van der Waals surface area (Å²) in [7, 11) is -1.09. The largest absolute Gasteiger partial charge is 0.306 e. The first-order chi connectivity index (χ1) is 9.16. The standard InChI is InChI=1S/C13H14BrN3OS/c1-19(18)13-16-15-10-17(13)9-3-2-4-11-5-7-12(14)8-6-11/h2,4-8,10H,3,9H2,1H3/b4-2-/t19-/m1/s1. The molecule has 1 aromatic heterocycles. The van der Waals surface area contributed by atoms with Gasteiger partial charge in [0.25, 0.3) is 0 Å². The third-order valence-corrected chi connectivity index (χ3v) is 3.91. The first-order valence-corrected chi connectivity index (χ1v) is 8.15. The van der Waals surface area contributed by atoms with E-state index in [1.807, 2.05) is 28.8 Å². The van der Waals surface area contributed by atoms with Gasteiger partial charge in [0.15, 0.2) is 0 Å². The molecule has 4 nitrogen and oxygen atoms in total. The first-order valence-electron chi connectivity index (χ1n) is 5.80. The number of rotatable bonds is 5. The molecule has 0 bridgehead atoms. The lowest BCUT2D eigenvalue weighted by Crippen LogP contribution is -2.03. The zero-order valence-electron chi connectivity index (χ0n) is 10.5. The molecule has 0 saturated carbocycles. The van der Waals surface area contributed by atoms with Gasteiger partial charge in [-0.2, -0.15) is 0 Å². The molecule has 0 unspecified atom stereocenters. The second kappa shape index (κ2) is 6.77. The van der Waals surface area contributed by atoms with E-state index in [-0.39, 0.29) is 0 Å². The maximum Gasteiger partial charge on any atom is 0.221 e. The van der Waals surface area contributed by atoms with E-state index in [4.69, 9.17) is 0 Å². The van der Waals surface area contributed by atoms with Gasteiger partial charge in [0.2, 0.25) is 5.16 Å². The monoisotopic (exact) mass is 339 g/mol. The number of hydrogen-bond donors (Lipinski definition) is 0. The molecule has 0 aliphatic heterocycles. The predicted octanol–water partition coefficient (Wildman–Crippen LogP) is 2.88. The SMILES string of the molecule is C[S@@](=O)c1nncn1CC/C=C\c1ccc(Br)cc1. The van der Waals surface area contributed by atoms with Gasteiger partial charge in [-0.05, 0) is 24.1 Å². The van der Waals surface area contributed by atoms with E-state index >= 15 is 0 Å². The van der Waals surface area contributed by atoms with Crippen LogP contribution in [0.2, 0.25) is 0 Å². The summed E-state index contributed by atoms with van der Waals surface area (Å²) in [6.45, 7) is 0.731. The lowest BCUT2D eigenvalue weighted by molar-refractivity contribution is 0.621. The number of hydrogen-bond acceptors (Lipinski definition) is 3. The summed E-state index contributed by atoms with van der Waals surface area (Å²) in [5.74, 6) is 0. The van der Waals surface area contributed by atoms with E-state index in [2.05, 4.69) is 38.3 Å². The quantitative estimate of drug-likeness (QED) is 0.841. The maximum atomic E-state index is 11.4. The third kappa shape index (κ3) is 4.11. The zero-order valence-corrected chi connectivity index (χ0v) is 12.9. The van der Waals surface area contributed by atoms with Gasteiger partial charge in [-0.15, -0.1) is 10.2 Å². The molecule has 0 fully saturated rings. The molecule has 1 heterocycles. The smallest absolute Gasteiger partial charge is 0.221 e. The highest BCUT2D eigenvalue weighted by atomic mass is 79.9. The van der Waals surface area contributed by atoms with Crippen LogP contribution < -0.4 is 0 Å². The van der Waals surface area contributed by atoms with Crippen molar-refractivity contribution in [2.75, 3.05) is 6.26 Å². The maximum absolute atomic E-state index is 11.4. The molecule has 2 aromatic rings. The minimum absolute atomic E-state index is 0.525. The van der Waals surface area contributed by atoms with Gasteiger partial charge in [0, 0.05) is 17.3 Å². The number of nitrogens with zero attached hydrogens (tertiary/aromatic N) is 3. The summed E-state index contributed by atoms with van der Waals surface area (Å²) in [6.07, 6.45) is 8.23. The van der Waals surface area contributed by atoms with Crippen LogP contribution in [0, 0.1) is 0 Å². The molecule has 0 spiro atoms. The van der Waals surface area contributed by atoms with Gasteiger partial charge in [-0.1, -0.05) is 40.2 Å². The number of allylic oxidation sites excluding steroid dienone is 1. The van der Waals surface area contributed by atoms with Gasteiger partial charge in [-0.25, -0.2) is 0 Å². The van der Waals surface area contributed by atoms with Crippen LogP contribution in [0.5, 0.6) is 0 Å². The number of benzene rings is 1. The lowest BCUT2D eigenvalue weighted by Gasteiger charge is -2.01. The van der Waals surface area contributed by atoms with Crippen LogP contribution in [0.4, 0.5) is 0 Å². The van der Waals surface area contributed by atoms with Crippen molar-refractivity contribution in [2.45, 2.75) is 18.1 Å². The molecule has 0 N–H and O–H groups in total. The van der Waals surface area contributed by atoms with E-state index in [1.165, 1.54) is 0 Å². The molecule has 6 heteroatoms. The van der Waals surface area contributed by atoms with Crippen molar-refractivity contribution >= 4 is 32.8 Å². The molecule has 1 aromatic carbocycles. The van der Waals surface area contributed by atoms with Crippen LogP contribution >= 0.6 is 15.9 Å². The van der Waals surface area contributed by atoms with Gasteiger partial charge in [0.05, 0.1) is 10.8 Å². The summed E-state index contributed by atoms with van der Waals surface area (Å²) in [5.41, 5.74) is 1.16. The van der Waals surface area contributed by atoms with Crippen molar-refractivity contribution in [1.82, 2.24) is 14.8 Å². The van der Waals surface area contributed by atoms with E-state index in [9.17, 15) is 4.21 Å². The molecule has 1 atom stereocenters. The highest BCUT2D eigenvalue weighted by Crippen LogP contribution is 2.12. The highest BCUT2D eigenvalue weighted by Gasteiger charge is 2.06. The van der Waals surface area contributed by atoms with Crippen LogP contribution in [0.25, 0.3) is 6.08 Å². The Morgan fingerprint density at radius 1 is 1.37 bits per heavy atom. The number of aromatic nitrogens is 3. The van der Waals surface area contributed by atoms with Crippen molar-refractivity contribution in [3.63, 3.8) is 0 Å². The topological polar surface area (TPSA) is 47.8 Å². The fourth-order valence-corrected chi connectivity index (χ4v) is 2.52. The van der Waals surface area contributed by atoms with Crippen molar-refractivity contribution in [3.05, 3.63) is 46.7 Å². The minimum atomic E-state index is -1.09. The Hall–Kier alpha value is -1.27. The highest BCUT2D eigenvalue weighted by molar-refractivity contribution is 9.10. The van der Waals surface area contributed by atoms with E-state index in [0.717, 1.165) is 23.0 Å². The summed E-state index contributed by atoms with van der Waals surface area (Å²) >= 11 is 3.40. The fourth-order valence-electron chi connectivity index (χ4n) is 1.63. The molecule has 2 rings (SSSR count). The summed E-state index contributed by atoms with van der Waals surface area (Å²) in [5, 5.41) is 8.15. The Bertz CT molecular complexity index is 592. The average Bonchev–Trinajstić information content (AvgIpc) is 2.85. The molecule has 0 aliphatic rings. The van der Waals surface area contributed by atoms with Gasteiger partial charge in [-0.3, -0.25) is 4.21 Å². The molecular weight excluding hydrogens is 326 g/mol. The third-order valence-electron chi connectivity index (χ3n) is 2.55. The van der Waals surface area contributed by atoms with Crippen molar-refractivity contribution < 1.29 is 4.21 Å². The second-order valence-electron chi connectivity index (χ2n) is 4.00. The molecular formula is C13H14BrN3OS. The van der Waals surface area contributed by atoms with Crippen LogP contribution in [-0.2, 0) is 17.3 Å². The average molecular weight is 340 g/mol. The Kier molecular flexibility index (Phi) is 5.04. The van der Waals surface area contributed by atoms with Crippen molar-refractivity contribution in [3.8, 4) is 0 Å². The molecule has 0 radical (unpaired) electrons. The van der Waals surface area contributed by atoms with Crippen LogP contribution in [0.3, 0.4) is 0 Å². The number of halogens is 1. The van der Waals surface area contributed by atoms with E-state index < -0.39 is 10.8 Å². The van der Waals surface area contributed by atoms with Crippen LogP contribution in [0.1, 0.15) is 12.0 Å². The van der Waals surface area contributed by atoms with E-state index in [0.29, 0.717) is 5.16 Å². The molecule has 0 amide bonds. The van der Waals surface area contributed by atoms with Gasteiger partial charge in [0.1, 0.15) is 6.33 Å². The Labute approximate surface area is 123 Å². The molecule has 100 valence electrons. The van der Waals surface area contributed by atoms with Crippen molar-refractivity contribution in [2.24, 2.45) is 0 Å². The zero-order chi connectivity index (χ0) is 13.7. The molecule has 0 saturated heterocycles. The fraction of sp³-hybridized carbons (Fsp3) is 0.231. The lowest BCUT2D eigenvalue weighted by atomic mass is 10.2. The Balaban J connectivity index is 1.91. The minimum Gasteiger partial charge on any atom is -0.306 e. The molecule has 0 aliphatic carbocycles. The second-order valence-corrected chi connectivity index (χ2v) is 6.19. The summed E-state index contributed by atoms with van der Waals surface area (Å²) in [6, 6.07) is 8.12. The Morgan fingerprint density at radius 2 is 2.11 bits per heavy atom. The predicted molar refractivity (Wildman–Crippen MR) is 80.1 cm³/mol. The normalized spacial score (nSPS) is 12.9. The summed E-state index contributed by atoms with van der Waals surface area (Å²) in [4.78, 5) is 0. The number of aryl methyl sites for hydroxylation is 1. The first kappa shape index (κ1) is 14.1. The van der Waals surface area contributed by atoms with Crippen molar-refractivity contribution in [1.29, 1.82) is 0 Å². The van der Waals surface area contributed by atoms with Gasteiger partial charge >= 0.3 is 0 Å². The van der Waals surface area contributed by atoms with E-state index in [1.54, 1.807) is 12.6 Å². The van der Waals surface area contributed by atoms with Crippen LogP contribution in [0.15, 0.2) is 46.3 Å². The van der Waals surface area contributed by atoms with Gasteiger partial charge < -0.3 is 4.57 Å².